The number of piperidine rings is 1. The van der Waals surface area contributed by atoms with Crippen molar-refractivity contribution in [2.45, 2.75) is 44.2 Å². The van der Waals surface area contributed by atoms with Crippen molar-refractivity contribution in [2.75, 3.05) is 23.9 Å². The number of hydrogen-bond acceptors (Lipinski definition) is 4. The number of hydrogen-bond donors (Lipinski definition) is 1. The first-order valence-electron chi connectivity index (χ1n) is 12.2. The number of carbonyl (C=O) groups is 1. The van der Waals surface area contributed by atoms with E-state index in [0.717, 1.165) is 39.5 Å². The minimum absolute atomic E-state index is 0.146. The van der Waals surface area contributed by atoms with Crippen LogP contribution in [-0.2, 0) is 27.9 Å². The van der Waals surface area contributed by atoms with Crippen molar-refractivity contribution >= 4 is 37.5 Å². The van der Waals surface area contributed by atoms with Crippen LogP contribution in [0, 0.1) is 6.92 Å². The first-order chi connectivity index (χ1) is 17.3. The predicted molar refractivity (Wildman–Crippen MR) is 147 cm³/mol. The molecular formula is C28H32BrN3O3S. The molecule has 4 rings (SSSR count). The van der Waals surface area contributed by atoms with Crippen LogP contribution < -0.4 is 9.62 Å². The van der Waals surface area contributed by atoms with Gasteiger partial charge in [-0.25, -0.2) is 8.42 Å². The van der Waals surface area contributed by atoms with E-state index in [2.05, 4.69) is 38.3 Å². The smallest absolute Gasteiger partial charge is 0.264 e. The van der Waals surface area contributed by atoms with Gasteiger partial charge in [-0.2, -0.15) is 0 Å². The minimum Gasteiger partial charge on any atom is -0.350 e. The number of benzene rings is 3. The average Bonchev–Trinajstić information content (AvgIpc) is 2.88. The SMILES string of the molecule is Cc1ccc(S(=O)(=O)N(CC(=O)NCc2ccc(CN3CCCCC3)cc2)c2ccc(Br)cc2)cc1. The maximum Gasteiger partial charge on any atom is 0.264 e. The van der Waals surface area contributed by atoms with E-state index in [1.54, 1.807) is 48.5 Å². The lowest BCUT2D eigenvalue weighted by Gasteiger charge is -2.26. The second kappa shape index (κ2) is 12.0. The fourth-order valence-corrected chi connectivity index (χ4v) is 5.97. The van der Waals surface area contributed by atoms with Crippen molar-refractivity contribution in [1.29, 1.82) is 0 Å². The summed E-state index contributed by atoms with van der Waals surface area (Å²) in [5, 5.41) is 2.88. The second-order valence-electron chi connectivity index (χ2n) is 9.23. The molecule has 1 saturated heterocycles. The molecule has 1 amide bonds. The highest BCUT2D eigenvalue weighted by molar-refractivity contribution is 9.10. The molecule has 1 N–H and O–H groups in total. The highest BCUT2D eigenvalue weighted by Gasteiger charge is 2.27. The molecule has 1 heterocycles. The Morgan fingerprint density at radius 1 is 0.889 bits per heavy atom. The van der Waals surface area contributed by atoms with Crippen LogP contribution in [-0.4, -0.2) is 38.9 Å². The molecule has 0 aromatic heterocycles. The summed E-state index contributed by atoms with van der Waals surface area (Å²) in [5.41, 5.74) is 3.62. The van der Waals surface area contributed by atoms with Gasteiger partial charge in [-0.05, 0) is 80.4 Å². The number of rotatable bonds is 9. The Morgan fingerprint density at radius 2 is 1.50 bits per heavy atom. The lowest BCUT2D eigenvalue weighted by Crippen LogP contribution is -2.40. The van der Waals surface area contributed by atoms with Gasteiger partial charge in [0.2, 0.25) is 5.91 Å². The Bertz CT molecular complexity index is 1250. The number of sulfonamides is 1. The van der Waals surface area contributed by atoms with Crippen LogP contribution in [0.15, 0.2) is 82.2 Å². The van der Waals surface area contributed by atoms with Crippen molar-refractivity contribution in [3.8, 4) is 0 Å². The van der Waals surface area contributed by atoms with Crippen molar-refractivity contribution in [1.82, 2.24) is 10.2 Å². The number of halogens is 1. The van der Waals surface area contributed by atoms with Crippen LogP contribution >= 0.6 is 15.9 Å². The van der Waals surface area contributed by atoms with Gasteiger partial charge in [0.1, 0.15) is 6.54 Å². The number of carbonyl (C=O) groups excluding carboxylic acids is 1. The highest BCUT2D eigenvalue weighted by Crippen LogP contribution is 2.25. The molecule has 0 aliphatic carbocycles. The van der Waals surface area contributed by atoms with Gasteiger partial charge in [0.25, 0.3) is 10.0 Å². The van der Waals surface area contributed by atoms with Gasteiger partial charge in [-0.1, -0.05) is 64.3 Å². The van der Waals surface area contributed by atoms with Crippen LogP contribution in [0.2, 0.25) is 0 Å². The summed E-state index contributed by atoms with van der Waals surface area (Å²) in [7, 11) is -3.93. The molecule has 0 bridgehead atoms. The standard InChI is InChI=1S/C28H32BrN3O3S/c1-22-5-15-27(16-6-22)36(34,35)32(26-13-11-25(29)12-14-26)21-28(33)30-19-23-7-9-24(10-8-23)20-31-17-3-2-4-18-31/h5-16H,2-4,17-21H2,1H3,(H,30,33). The van der Waals surface area contributed by atoms with Crippen LogP contribution in [0.4, 0.5) is 5.69 Å². The summed E-state index contributed by atoms with van der Waals surface area (Å²) in [6.07, 6.45) is 3.85. The predicted octanol–water partition coefficient (Wildman–Crippen LogP) is 5.26. The Kier molecular flexibility index (Phi) is 8.82. The Morgan fingerprint density at radius 3 is 2.14 bits per heavy atom. The molecular weight excluding hydrogens is 538 g/mol. The summed E-state index contributed by atoms with van der Waals surface area (Å²) in [6, 6.07) is 21.8. The van der Waals surface area contributed by atoms with E-state index in [-0.39, 0.29) is 17.3 Å². The molecule has 6 nitrogen and oxygen atoms in total. The highest BCUT2D eigenvalue weighted by atomic mass is 79.9. The van der Waals surface area contributed by atoms with E-state index >= 15 is 0 Å². The summed E-state index contributed by atoms with van der Waals surface area (Å²) in [6.45, 7) is 5.17. The third-order valence-electron chi connectivity index (χ3n) is 6.38. The average molecular weight is 571 g/mol. The molecule has 3 aromatic rings. The third-order valence-corrected chi connectivity index (χ3v) is 8.70. The molecule has 1 aliphatic rings. The van der Waals surface area contributed by atoms with Crippen molar-refractivity contribution in [2.24, 2.45) is 0 Å². The monoisotopic (exact) mass is 569 g/mol. The first-order valence-corrected chi connectivity index (χ1v) is 14.5. The molecule has 0 atom stereocenters. The number of amides is 1. The Labute approximate surface area is 222 Å². The first kappa shape index (κ1) is 26.4. The van der Waals surface area contributed by atoms with Crippen molar-refractivity contribution in [3.05, 3.63) is 94.0 Å². The molecule has 190 valence electrons. The number of anilines is 1. The van der Waals surface area contributed by atoms with Crippen LogP contribution in [0.5, 0.6) is 0 Å². The summed E-state index contributed by atoms with van der Waals surface area (Å²) < 4.78 is 28.9. The Hall–Kier alpha value is -2.68. The fraction of sp³-hybridized carbons (Fsp3) is 0.321. The van der Waals surface area contributed by atoms with Crippen molar-refractivity contribution < 1.29 is 13.2 Å². The molecule has 1 aliphatic heterocycles. The van der Waals surface area contributed by atoms with E-state index in [1.807, 2.05) is 19.1 Å². The minimum atomic E-state index is -3.93. The lowest BCUT2D eigenvalue weighted by atomic mass is 10.1. The number of nitrogens with zero attached hydrogens (tertiary/aromatic N) is 2. The number of aryl methyl sites for hydroxylation is 1. The van der Waals surface area contributed by atoms with E-state index in [4.69, 9.17) is 0 Å². The molecule has 0 saturated carbocycles. The zero-order chi connectivity index (χ0) is 25.5. The molecule has 8 heteroatoms. The molecule has 0 radical (unpaired) electrons. The van der Waals surface area contributed by atoms with Crippen LogP contribution in [0.3, 0.4) is 0 Å². The summed E-state index contributed by atoms with van der Waals surface area (Å²) in [5.74, 6) is -0.369. The maximum atomic E-state index is 13.5. The fourth-order valence-electron chi connectivity index (χ4n) is 4.29. The second-order valence-corrected chi connectivity index (χ2v) is 12.0. The van der Waals surface area contributed by atoms with E-state index in [1.165, 1.54) is 24.8 Å². The zero-order valence-electron chi connectivity index (χ0n) is 20.5. The lowest BCUT2D eigenvalue weighted by molar-refractivity contribution is -0.119. The number of likely N-dealkylation sites (tertiary alicyclic amines) is 1. The zero-order valence-corrected chi connectivity index (χ0v) is 22.9. The largest absolute Gasteiger partial charge is 0.350 e. The quantitative estimate of drug-likeness (QED) is 0.382. The molecule has 0 spiro atoms. The molecule has 1 fully saturated rings. The van der Waals surface area contributed by atoms with Gasteiger partial charge >= 0.3 is 0 Å². The third kappa shape index (κ3) is 6.96. The van der Waals surface area contributed by atoms with Crippen LogP contribution in [0.25, 0.3) is 0 Å². The number of nitrogens with one attached hydrogen (secondary N) is 1. The molecule has 36 heavy (non-hydrogen) atoms. The normalized spacial score (nSPS) is 14.4. The van der Waals surface area contributed by atoms with Gasteiger partial charge in [-0.15, -0.1) is 0 Å². The van der Waals surface area contributed by atoms with Gasteiger partial charge in [-0.3, -0.25) is 14.0 Å². The topological polar surface area (TPSA) is 69.7 Å². The van der Waals surface area contributed by atoms with Gasteiger partial charge in [0.15, 0.2) is 0 Å². The molecule has 3 aromatic carbocycles. The molecule has 0 unspecified atom stereocenters. The van der Waals surface area contributed by atoms with E-state index in [0.29, 0.717) is 12.2 Å². The maximum absolute atomic E-state index is 13.5. The Balaban J connectivity index is 1.42. The van der Waals surface area contributed by atoms with Crippen molar-refractivity contribution in [3.63, 3.8) is 0 Å². The van der Waals surface area contributed by atoms with Crippen LogP contribution in [0.1, 0.15) is 36.0 Å². The summed E-state index contributed by atoms with van der Waals surface area (Å²) in [4.78, 5) is 15.5. The van der Waals surface area contributed by atoms with E-state index < -0.39 is 10.0 Å². The van der Waals surface area contributed by atoms with Gasteiger partial charge in [0, 0.05) is 17.6 Å². The van der Waals surface area contributed by atoms with Gasteiger partial charge in [0.05, 0.1) is 10.6 Å². The van der Waals surface area contributed by atoms with Gasteiger partial charge < -0.3 is 5.32 Å². The van der Waals surface area contributed by atoms with E-state index in [9.17, 15) is 13.2 Å². The summed E-state index contributed by atoms with van der Waals surface area (Å²) >= 11 is 3.38.